The van der Waals surface area contributed by atoms with E-state index in [4.69, 9.17) is 14.9 Å². The summed E-state index contributed by atoms with van der Waals surface area (Å²) in [6.07, 6.45) is 14.1. The van der Waals surface area contributed by atoms with Crippen molar-refractivity contribution in [1.29, 1.82) is 0 Å². The molecule has 0 heterocycles. The first kappa shape index (κ1) is 28.3. The Hall–Kier alpha value is -1.67. The highest BCUT2D eigenvalue weighted by atomic mass is 16.5. The summed E-state index contributed by atoms with van der Waals surface area (Å²) in [6, 6.07) is 0. The third-order valence-electron chi connectivity index (χ3n) is 4.89. The number of hydrogen-bond donors (Lipinski definition) is 3. The van der Waals surface area contributed by atoms with Crippen molar-refractivity contribution in [2.45, 2.75) is 84.0 Å². The van der Waals surface area contributed by atoms with Crippen molar-refractivity contribution in [1.82, 2.24) is 10.2 Å². The highest BCUT2D eigenvalue weighted by molar-refractivity contribution is 5.75. The summed E-state index contributed by atoms with van der Waals surface area (Å²) in [6.45, 7) is 2.83. The minimum Gasteiger partial charge on any atom is -0.480 e. The maximum Gasteiger partial charge on any atom is 0.329 e. The van der Waals surface area contributed by atoms with E-state index in [1.807, 2.05) is 0 Å². The molecule has 30 heavy (non-hydrogen) atoms. The molecule has 1 amide bonds. The molecule has 0 fully saturated rings. The van der Waals surface area contributed by atoms with Crippen molar-refractivity contribution in [3.05, 3.63) is 0 Å². The van der Waals surface area contributed by atoms with Gasteiger partial charge in [-0.3, -0.25) is 14.5 Å². The number of carboxylic acid groups (broad SMARTS) is 2. The van der Waals surface area contributed by atoms with Gasteiger partial charge in [0.15, 0.2) is 0 Å². The van der Waals surface area contributed by atoms with Gasteiger partial charge in [0, 0.05) is 26.1 Å². The molecule has 0 rings (SSSR count). The highest BCUT2D eigenvalue weighted by Gasteiger charge is 2.10. The van der Waals surface area contributed by atoms with Gasteiger partial charge in [-0.25, -0.2) is 4.79 Å². The number of carbonyl (C=O) groups is 3. The van der Waals surface area contributed by atoms with Gasteiger partial charge < -0.3 is 20.3 Å². The topological polar surface area (TPSA) is 116 Å². The molecule has 0 aliphatic carbocycles. The number of rotatable bonds is 22. The fraction of sp³-hybridized carbons (Fsp3) is 0.864. The first-order valence-corrected chi connectivity index (χ1v) is 11.5. The molecular formula is C22H42N2O6. The lowest BCUT2D eigenvalue weighted by Gasteiger charge is -2.20. The maximum absolute atomic E-state index is 11.9. The normalized spacial score (nSPS) is 11.0. The molecule has 0 saturated heterocycles. The van der Waals surface area contributed by atoms with Crippen molar-refractivity contribution in [3.63, 3.8) is 0 Å². The Morgan fingerprint density at radius 3 is 1.90 bits per heavy atom. The van der Waals surface area contributed by atoms with Gasteiger partial charge in [-0.2, -0.15) is 0 Å². The first-order valence-electron chi connectivity index (χ1n) is 11.5. The van der Waals surface area contributed by atoms with E-state index >= 15 is 0 Å². The number of amides is 1. The number of unbranched alkanes of at least 4 members (excludes halogenated alkanes) is 10. The number of ether oxygens (including phenoxy) is 1. The number of carboxylic acids is 2. The first-order chi connectivity index (χ1) is 14.5. The van der Waals surface area contributed by atoms with Gasteiger partial charge in [0.05, 0.1) is 13.2 Å². The second-order valence-electron chi connectivity index (χ2n) is 7.75. The molecular weight excluding hydrogens is 388 g/mol. The Balaban J connectivity index is 3.65. The van der Waals surface area contributed by atoms with Crippen molar-refractivity contribution < 1.29 is 29.3 Å². The molecule has 0 saturated carbocycles. The van der Waals surface area contributed by atoms with E-state index in [0.717, 1.165) is 12.8 Å². The standard InChI is InChI=1S/C22H42N2O6/c1-2-3-4-5-6-7-8-9-10-11-12-13-20(25)23-14-15-24(18-21(26)27)16-17-30-19-22(28)29/h2-19H2,1H3,(H,23,25)(H,26,27)(H,28,29). The van der Waals surface area contributed by atoms with Crippen molar-refractivity contribution >= 4 is 17.8 Å². The summed E-state index contributed by atoms with van der Waals surface area (Å²) in [5, 5.41) is 20.3. The second kappa shape index (κ2) is 20.6. The highest BCUT2D eigenvalue weighted by Crippen LogP contribution is 2.11. The average Bonchev–Trinajstić information content (AvgIpc) is 2.68. The number of carbonyl (C=O) groups excluding carboxylic acids is 1. The van der Waals surface area contributed by atoms with Crippen LogP contribution in [-0.2, 0) is 19.1 Å². The molecule has 8 heteroatoms. The minimum absolute atomic E-state index is 0.0108. The quantitative estimate of drug-likeness (QED) is 0.226. The van der Waals surface area contributed by atoms with Crippen molar-refractivity contribution in [3.8, 4) is 0 Å². The molecule has 0 radical (unpaired) electrons. The Bertz CT molecular complexity index is 459. The molecule has 0 spiro atoms. The maximum atomic E-state index is 11.9. The number of aliphatic carboxylic acids is 2. The predicted molar refractivity (Wildman–Crippen MR) is 117 cm³/mol. The lowest BCUT2D eigenvalue weighted by molar-refractivity contribution is -0.143. The number of hydrogen-bond acceptors (Lipinski definition) is 5. The summed E-state index contributed by atoms with van der Waals surface area (Å²) in [5.41, 5.74) is 0. The summed E-state index contributed by atoms with van der Waals surface area (Å²) < 4.78 is 4.94. The molecule has 0 unspecified atom stereocenters. The fourth-order valence-electron chi connectivity index (χ4n) is 3.21. The van der Waals surface area contributed by atoms with Crippen molar-refractivity contribution in [2.75, 3.05) is 39.4 Å². The SMILES string of the molecule is CCCCCCCCCCCCCC(=O)NCCN(CCOCC(=O)O)CC(=O)O. The number of nitrogens with zero attached hydrogens (tertiary/aromatic N) is 1. The molecule has 176 valence electrons. The van der Waals surface area contributed by atoms with Crippen LogP contribution in [0.1, 0.15) is 84.0 Å². The van der Waals surface area contributed by atoms with E-state index < -0.39 is 18.5 Å². The van der Waals surface area contributed by atoms with Gasteiger partial charge >= 0.3 is 11.9 Å². The van der Waals surface area contributed by atoms with Gasteiger partial charge in [-0.1, -0.05) is 71.1 Å². The summed E-state index contributed by atoms with van der Waals surface area (Å²) in [4.78, 5) is 34.8. The Kier molecular flexibility index (Phi) is 19.5. The molecule has 3 N–H and O–H groups in total. The van der Waals surface area contributed by atoms with Crippen LogP contribution >= 0.6 is 0 Å². The lowest BCUT2D eigenvalue weighted by atomic mass is 10.1. The van der Waals surface area contributed by atoms with Crippen LogP contribution in [0, 0.1) is 0 Å². The molecule has 0 aromatic heterocycles. The van der Waals surface area contributed by atoms with Crippen LogP contribution in [0.3, 0.4) is 0 Å². The third kappa shape index (κ3) is 21.0. The Morgan fingerprint density at radius 2 is 1.37 bits per heavy atom. The average molecular weight is 431 g/mol. The molecule has 0 aliphatic heterocycles. The zero-order valence-corrected chi connectivity index (χ0v) is 18.7. The van der Waals surface area contributed by atoms with Gasteiger partial charge in [0.25, 0.3) is 0 Å². The van der Waals surface area contributed by atoms with E-state index in [-0.39, 0.29) is 19.1 Å². The Labute approximate surface area is 181 Å². The molecule has 0 bridgehead atoms. The van der Waals surface area contributed by atoms with Crippen LogP contribution in [0.15, 0.2) is 0 Å². The third-order valence-corrected chi connectivity index (χ3v) is 4.89. The fourth-order valence-corrected chi connectivity index (χ4v) is 3.21. The molecule has 0 aliphatic rings. The summed E-state index contributed by atoms with van der Waals surface area (Å²) in [5.74, 6) is -2.04. The zero-order chi connectivity index (χ0) is 22.5. The Morgan fingerprint density at radius 1 is 0.800 bits per heavy atom. The van der Waals surface area contributed by atoms with E-state index in [2.05, 4.69) is 12.2 Å². The molecule has 0 aromatic carbocycles. The van der Waals surface area contributed by atoms with Gasteiger partial charge in [0.2, 0.25) is 5.91 Å². The summed E-state index contributed by atoms with van der Waals surface area (Å²) >= 11 is 0. The molecule has 0 atom stereocenters. The van der Waals surface area contributed by atoms with E-state index in [0.29, 0.717) is 26.1 Å². The van der Waals surface area contributed by atoms with Gasteiger partial charge in [-0.05, 0) is 6.42 Å². The van der Waals surface area contributed by atoms with Crippen LogP contribution in [0.25, 0.3) is 0 Å². The molecule has 8 nitrogen and oxygen atoms in total. The largest absolute Gasteiger partial charge is 0.480 e. The van der Waals surface area contributed by atoms with Crippen LogP contribution in [0.2, 0.25) is 0 Å². The zero-order valence-electron chi connectivity index (χ0n) is 18.7. The monoisotopic (exact) mass is 430 g/mol. The van der Waals surface area contributed by atoms with E-state index in [1.165, 1.54) is 57.8 Å². The van der Waals surface area contributed by atoms with Crippen molar-refractivity contribution in [2.24, 2.45) is 0 Å². The van der Waals surface area contributed by atoms with Gasteiger partial charge in [0.1, 0.15) is 6.61 Å². The van der Waals surface area contributed by atoms with Gasteiger partial charge in [-0.15, -0.1) is 0 Å². The van der Waals surface area contributed by atoms with Crippen LogP contribution < -0.4 is 5.32 Å². The smallest absolute Gasteiger partial charge is 0.329 e. The van der Waals surface area contributed by atoms with Crippen LogP contribution in [0.5, 0.6) is 0 Å². The molecule has 0 aromatic rings. The second-order valence-corrected chi connectivity index (χ2v) is 7.75. The number of nitrogens with one attached hydrogen (secondary N) is 1. The summed E-state index contributed by atoms with van der Waals surface area (Å²) in [7, 11) is 0. The van der Waals surface area contributed by atoms with E-state index in [9.17, 15) is 14.4 Å². The van der Waals surface area contributed by atoms with Crippen LogP contribution in [-0.4, -0.2) is 72.4 Å². The lowest BCUT2D eigenvalue weighted by Crippen LogP contribution is -2.39. The minimum atomic E-state index is -1.06. The van der Waals surface area contributed by atoms with Crippen LogP contribution in [0.4, 0.5) is 0 Å². The van der Waals surface area contributed by atoms with E-state index in [1.54, 1.807) is 4.90 Å². The predicted octanol–water partition coefficient (Wildman–Crippen LogP) is 3.29.